The summed E-state index contributed by atoms with van der Waals surface area (Å²) in [6.07, 6.45) is -5.68. The van der Waals surface area contributed by atoms with E-state index in [9.17, 15) is 26.7 Å². The second-order valence-corrected chi connectivity index (χ2v) is 7.43. The number of fused-ring (bicyclic) bond motifs is 1. The number of aromatic nitrogens is 2. The molecule has 1 heterocycles. The van der Waals surface area contributed by atoms with Crippen LogP contribution in [0.2, 0.25) is 0 Å². The predicted molar refractivity (Wildman–Crippen MR) is 113 cm³/mol. The molecule has 0 saturated heterocycles. The summed E-state index contributed by atoms with van der Waals surface area (Å²) in [5, 5.41) is 0. The average molecular weight is 460 g/mol. The van der Waals surface area contributed by atoms with Gasteiger partial charge in [-0.05, 0) is 54.4 Å². The van der Waals surface area contributed by atoms with Crippen LogP contribution in [0.3, 0.4) is 0 Å². The molecule has 1 aromatic heterocycles. The fraction of sp³-hybridized carbons (Fsp3) is 0.167. The first kappa shape index (κ1) is 22.4. The third-order valence-electron chi connectivity index (χ3n) is 5.06. The van der Waals surface area contributed by atoms with Gasteiger partial charge in [0.25, 0.3) is 0 Å². The van der Waals surface area contributed by atoms with Gasteiger partial charge in [0, 0.05) is 11.1 Å². The molecular weight excluding hydrogens is 443 g/mol. The summed E-state index contributed by atoms with van der Waals surface area (Å²) in [6, 6.07) is 18.4. The molecule has 4 aromatic rings. The van der Waals surface area contributed by atoms with Crippen molar-refractivity contribution in [3.63, 3.8) is 0 Å². The van der Waals surface area contributed by atoms with Crippen molar-refractivity contribution >= 4 is 16.8 Å². The van der Waals surface area contributed by atoms with Gasteiger partial charge in [-0.2, -0.15) is 22.0 Å². The topological polar surface area (TPSA) is 55.0 Å². The number of H-pyrrole nitrogens is 1. The Morgan fingerprint density at radius 2 is 1.61 bits per heavy atom. The van der Waals surface area contributed by atoms with Gasteiger partial charge in [-0.25, -0.2) is 4.98 Å². The van der Waals surface area contributed by atoms with Gasteiger partial charge >= 0.3 is 12.1 Å². The van der Waals surface area contributed by atoms with Crippen LogP contribution in [-0.2, 0) is 0 Å². The highest BCUT2D eigenvalue weighted by atomic mass is 19.4. The molecule has 170 valence electrons. The van der Waals surface area contributed by atoms with Gasteiger partial charge in [0.15, 0.2) is 12.4 Å². The maximum atomic E-state index is 13.0. The molecule has 0 saturated carbocycles. The van der Waals surface area contributed by atoms with Gasteiger partial charge in [0.2, 0.25) is 0 Å². The monoisotopic (exact) mass is 460 g/mol. The van der Waals surface area contributed by atoms with Gasteiger partial charge in [0.05, 0.1) is 11.0 Å². The van der Waals surface area contributed by atoms with Gasteiger partial charge < -0.3 is 9.72 Å². The highest BCUT2D eigenvalue weighted by Crippen LogP contribution is 2.36. The van der Waals surface area contributed by atoms with Gasteiger partial charge in [-0.1, -0.05) is 30.3 Å². The quantitative estimate of drug-likeness (QED) is 0.258. The Bertz CT molecular complexity index is 1310. The largest absolute Gasteiger partial charge is 0.487 e. The number of benzene rings is 3. The number of hydrogen-bond acceptors (Lipinski definition) is 3. The van der Waals surface area contributed by atoms with Crippen molar-refractivity contribution in [3.05, 3.63) is 72.3 Å². The zero-order chi connectivity index (χ0) is 23.8. The normalized spacial score (nSPS) is 12.2. The van der Waals surface area contributed by atoms with Gasteiger partial charge in [-0.15, -0.1) is 0 Å². The molecule has 0 atom stereocenters. The predicted octanol–water partition coefficient (Wildman–Crippen LogP) is 6.68. The van der Waals surface area contributed by atoms with Crippen LogP contribution in [0.5, 0.6) is 5.75 Å². The second kappa shape index (κ2) is 8.31. The molecule has 0 fully saturated rings. The molecular formula is C24H17F5N2O2. The van der Waals surface area contributed by atoms with Gasteiger partial charge in [0.1, 0.15) is 11.6 Å². The fourth-order valence-electron chi connectivity index (χ4n) is 3.32. The minimum absolute atomic E-state index is 0.0497. The highest BCUT2D eigenvalue weighted by molar-refractivity contribution is 6.01. The molecule has 9 heteroatoms. The van der Waals surface area contributed by atoms with E-state index >= 15 is 0 Å². The number of ketones is 1. The Morgan fingerprint density at radius 3 is 2.27 bits per heavy atom. The lowest BCUT2D eigenvalue weighted by Gasteiger charge is -2.19. The minimum atomic E-state index is -5.68. The summed E-state index contributed by atoms with van der Waals surface area (Å²) in [5.41, 5.74) is 4.19. The molecule has 0 amide bonds. The lowest BCUT2D eigenvalue weighted by atomic mass is 9.97. The number of nitrogens with zero attached hydrogens (tertiary/aromatic N) is 1. The van der Waals surface area contributed by atoms with E-state index in [1.807, 2.05) is 24.3 Å². The first-order valence-corrected chi connectivity index (χ1v) is 9.83. The summed E-state index contributed by atoms with van der Waals surface area (Å²) in [5.74, 6) is -4.63. The molecule has 0 radical (unpaired) electrons. The Hall–Kier alpha value is -3.75. The summed E-state index contributed by atoms with van der Waals surface area (Å²) < 4.78 is 67.4. The van der Waals surface area contributed by atoms with Gasteiger partial charge in [-0.3, -0.25) is 4.79 Å². The van der Waals surface area contributed by atoms with E-state index in [4.69, 9.17) is 0 Å². The molecule has 0 aliphatic heterocycles. The number of aromatic amines is 1. The van der Waals surface area contributed by atoms with E-state index in [1.54, 1.807) is 18.2 Å². The third-order valence-corrected chi connectivity index (χ3v) is 5.06. The molecule has 0 aliphatic rings. The Kier molecular flexibility index (Phi) is 5.65. The average Bonchev–Trinajstić information content (AvgIpc) is 3.20. The molecule has 0 bridgehead atoms. The second-order valence-electron chi connectivity index (χ2n) is 7.43. The van der Waals surface area contributed by atoms with Crippen LogP contribution >= 0.6 is 0 Å². The van der Waals surface area contributed by atoms with Crippen molar-refractivity contribution in [1.82, 2.24) is 9.97 Å². The van der Waals surface area contributed by atoms with E-state index < -0.39 is 18.7 Å². The number of rotatable bonds is 6. The maximum Gasteiger partial charge on any atom is 0.456 e. The van der Waals surface area contributed by atoms with Crippen molar-refractivity contribution < 1.29 is 31.5 Å². The highest BCUT2D eigenvalue weighted by Gasteiger charge is 2.58. The van der Waals surface area contributed by atoms with Crippen LogP contribution in [0.4, 0.5) is 22.0 Å². The number of carbonyl (C=O) groups excluding carboxylic acids is 1. The Labute approximate surface area is 185 Å². The van der Waals surface area contributed by atoms with E-state index in [2.05, 4.69) is 14.7 Å². The fourth-order valence-corrected chi connectivity index (χ4v) is 3.32. The van der Waals surface area contributed by atoms with Crippen molar-refractivity contribution in [2.24, 2.45) is 0 Å². The molecule has 0 unspecified atom stereocenters. The van der Waals surface area contributed by atoms with Crippen molar-refractivity contribution in [2.45, 2.75) is 19.0 Å². The summed E-state index contributed by atoms with van der Waals surface area (Å²) >= 11 is 0. The number of nitrogens with one attached hydrogen (secondary N) is 1. The van der Waals surface area contributed by atoms with Crippen LogP contribution in [0.1, 0.15) is 17.3 Å². The molecule has 0 spiro atoms. The zero-order valence-electron chi connectivity index (χ0n) is 17.2. The SMILES string of the molecule is CC(=O)c1ccccc1-c1ccc2nc(-c3ccc(OCC(F)(F)C(F)(F)F)cc3)[nH]c2c1. The van der Waals surface area contributed by atoms with E-state index in [0.29, 0.717) is 28.0 Å². The number of imidazole rings is 1. The third kappa shape index (κ3) is 4.57. The number of halogens is 5. The van der Waals surface area contributed by atoms with E-state index in [1.165, 1.54) is 31.2 Å². The first-order chi connectivity index (χ1) is 15.5. The lowest BCUT2D eigenvalue weighted by molar-refractivity contribution is -0.290. The molecule has 1 N–H and O–H groups in total. The summed E-state index contributed by atoms with van der Waals surface area (Å²) in [6.45, 7) is -0.297. The van der Waals surface area contributed by atoms with Crippen LogP contribution in [0, 0.1) is 0 Å². The van der Waals surface area contributed by atoms with Crippen LogP contribution in [0.25, 0.3) is 33.5 Å². The van der Waals surface area contributed by atoms with Crippen LogP contribution in [0.15, 0.2) is 66.7 Å². The molecule has 4 rings (SSSR count). The maximum absolute atomic E-state index is 13.0. The van der Waals surface area contributed by atoms with Crippen molar-refractivity contribution in [3.8, 4) is 28.3 Å². The smallest absolute Gasteiger partial charge is 0.456 e. The number of alkyl halides is 5. The minimum Gasteiger partial charge on any atom is -0.487 e. The first-order valence-electron chi connectivity index (χ1n) is 9.83. The zero-order valence-corrected chi connectivity index (χ0v) is 17.2. The lowest BCUT2D eigenvalue weighted by Crippen LogP contribution is -2.41. The number of hydrogen-bond donors (Lipinski definition) is 1. The standard InChI is InChI=1S/C24H17F5N2O2/c1-14(32)18-4-2-3-5-19(18)16-8-11-20-21(12-16)31-22(30-20)15-6-9-17(10-7-15)33-13-23(25,26)24(27,28)29/h2-12H,13H2,1H3,(H,30,31). The van der Waals surface area contributed by atoms with Crippen LogP contribution in [-0.4, -0.2) is 34.5 Å². The number of ether oxygens (including phenoxy) is 1. The molecule has 4 nitrogen and oxygen atoms in total. The number of Topliss-reactive ketones (excluding diaryl/α,β-unsaturated/α-hetero) is 1. The van der Waals surface area contributed by atoms with E-state index in [0.717, 1.165) is 11.1 Å². The summed E-state index contributed by atoms with van der Waals surface area (Å²) in [4.78, 5) is 19.6. The molecule has 0 aliphatic carbocycles. The summed E-state index contributed by atoms with van der Waals surface area (Å²) in [7, 11) is 0. The number of carbonyl (C=O) groups is 1. The van der Waals surface area contributed by atoms with Crippen LogP contribution < -0.4 is 4.74 Å². The molecule has 33 heavy (non-hydrogen) atoms. The Balaban J connectivity index is 1.57. The molecule has 3 aromatic carbocycles. The van der Waals surface area contributed by atoms with Crippen molar-refractivity contribution in [2.75, 3.05) is 6.61 Å². The Morgan fingerprint density at radius 1 is 0.939 bits per heavy atom. The van der Waals surface area contributed by atoms with Crippen molar-refractivity contribution in [1.29, 1.82) is 0 Å². The van der Waals surface area contributed by atoms with E-state index in [-0.39, 0.29) is 11.5 Å².